The first-order chi connectivity index (χ1) is 26.5. The van der Waals surface area contributed by atoms with E-state index in [0.717, 1.165) is 23.5 Å². The average Bonchev–Trinajstić information content (AvgIpc) is 3.22. The predicted molar refractivity (Wildman–Crippen MR) is 217 cm³/mol. The summed E-state index contributed by atoms with van der Waals surface area (Å²) in [4.78, 5) is -0.559. The monoisotopic (exact) mass is 967 g/mol. The topological polar surface area (TPSA) is 195 Å². The Morgan fingerprint density at radius 2 is 0.638 bits per heavy atom. The molecule has 0 aliphatic heterocycles. The molecule has 58 heavy (non-hydrogen) atoms. The van der Waals surface area contributed by atoms with Gasteiger partial charge < -0.3 is 9.11 Å². The van der Waals surface area contributed by atoms with Gasteiger partial charge in [-0.15, -0.1) is 0 Å². The molecule has 17 heteroatoms. The molecule has 0 fully saturated rings. The molecule has 0 aliphatic rings. The van der Waals surface area contributed by atoms with E-state index in [-0.39, 0.29) is 88.4 Å². The van der Waals surface area contributed by atoms with Crippen molar-refractivity contribution in [1.29, 1.82) is 0 Å². The van der Waals surface area contributed by atoms with Gasteiger partial charge >= 0.3 is 59.1 Å². The maximum atomic E-state index is 11.9. The van der Waals surface area contributed by atoms with Crippen molar-refractivity contribution in [3.05, 3.63) is 181 Å². The molecule has 0 amide bonds. The van der Waals surface area contributed by atoms with Crippen LogP contribution >= 0.6 is 15.8 Å². The van der Waals surface area contributed by atoms with E-state index in [9.17, 15) is 25.9 Å². The third-order valence-corrected chi connectivity index (χ3v) is 16.2. The van der Waals surface area contributed by atoms with Crippen molar-refractivity contribution in [3.8, 4) is 0 Å². The van der Waals surface area contributed by atoms with Crippen LogP contribution in [0.15, 0.2) is 180 Å². The van der Waals surface area contributed by atoms with Crippen molar-refractivity contribution < 1.29 is 126 Å². The fourth-order valence-electron chi connectivity index (χ4n) is 6.52. The molecule has 0 heterocycles. The van der Waals surface area contributed by atoms with Crippen LogP contribution in [0.3, 0.4) is 0 Å². The van der Waals surface area contributed by atoms with E-state index < -0.39 is 41.5 Å². The zero-order chi connectivity index (χ0) is 39.9. The predicted octanol–water partition coefficient (Wildman–Crippen LogP) is 0.573. The molecule has 0 unspecified atom stereocenters. The first kappa shape index (κ1) is 54.5. The summed E-state index contributed by atoms with van der Waals surface area (Å²) in [5.74, 6) is 0. The normalized spacial score (nSPS) is 11.0. The number of rotatable bonds is 14. The van der Waals surface area contributed by atoms with Crippen LogP contribution in [0.25, 0.3) is 0 Å². The molecule has 0 atom stereocenters. The van der Waals surface area contributed by atoms with Gasteiger partial charge in [-0.25, -0.2) is 16.8 Å². The minimum atomic E-state index is -4.63. The van der Waals surface area contributed by atoms with Gasteiger partial charge in [0.15, 0.2) is 0 Å². The van der Waals surface area contributed by atoms with Crippen LogP contribution in [0, 0.1) is 5.41 Å². The van der Waals surface area contributed by atoms with Crippen LogP contribution in [-0.2, 0) is 52.6 Å². The first-order valence-corrected chi connectivity index (χ1v) is 22.6. The second kappa shape index (κ2) is 26.7. The SMILES string of the molecule is O=S(=O)([O-])c1ccc(CC(Cc2ccc(S(=O)(=O)[O-])cc2)(CP(c2ccccc2)c2ccccc2)CP(c2ccccc2)c2ccccc2)cc1.OO.OO.[Na+].[Na+].[Rh]. The van der Waals surface area contributed by atoms with Gasteiger partial charge in [-0.2, -0.15) is 0 Å². The molecule has 0 aromatic heterocycles. The average molecular weight is 968 g/mol. The summed E-state index contributed by atoms with van der Waals surface area (Å²) < 4.78 is 71.2. The van der Waals surface area contributed by atoms with Gasteiger partial charge in [-0.1, -0.05) is 146 Å². The maximum absolute atomic E-state index is 11.9. The summed E-state index contributed by atoms with van der Waals surface area (Å²) in [6, 6.07) is 54.3. The Balaban J connectivity index is 0.00000233. The van der Waals surface area contributed by atoms with Crippen molar-refractivity contribution in [3.63, 3.8) is 0 Å². The van der Waals surface area contributed by atoms with Crippen LogP contribution in [-0.4, -0.2) is 59.3 Å². The summed E-state index contributed by atoms with van der Waals surface area (Å²) in [5.41, 5.74) is 1.28. The molecule has 1 radical (unpaired) electrons. The summed E-state index contributed by atoms with van der Waals surface area (Å²) in [6.45, 7) is 0. The summed E-state index contributed by atoms with van der Waals surface area (Å²) in [5, 5.41) is 28.9. The van der Waals surface area contributed by atoms with Gasteiger partial charge in [0.05, 0.1) is 9.79 Å². The van der Waals surface area contributed by atoms with E-state index >= 15 is 0 Å². The molecule has 6 aromatic carbocycles. The Labute approximate surface area is 400 Å². The third-order valence-electron chi connectivity index (χ3n) is 8.84. The molecule has 4 N–H and O–H groups in total. The fraction of sp³-hybridized carbons (Fsp3) is 0.122. The smallest absolute Gasteiger partial charge is 0.744 e. The summed E-state index contributed by atoms with van der Waals surface area (Å²) >= 11 is 0. The second-order valence-electron chi connectivity index (χ2n) is 12.6. The zero-order valence-electron chi connectivity index (χ0n) is 31.8. The Bertz CT molecular complexity index is 2020. The molecule has 10 nitrogen and oxygen atoms in total. The largest absolute Gasteiger partial charge is 1.00 e. The second-order valence-corrected chi connectivity index (χ2v) is 19.7. The Morgan fingerprint density at radius 3 is 0.845 bits per heavy atom. The minimum Gasteiger partial charge on any atom is -0.744 e. The molecule has 0 bridgehead atoms. The quantitative estimate of drug-likeness (QED) is 0.0395. The van der Waals surface area contributed by atoms with E-state index in [4.69, 9.17) is 21.0 Å². The van der Waals surface area contributed by atoms with E-state index in [2.05, 4.69) is 97.1 Å². The van der Waals surface area contributed by atoms with E-state index in [1.54, 1.807) is 24.3 Å². The molecule has 0 saturated heterocycles. The number of hydrogen-bond donors (Lipinski definition) is 4. The molecule has 297 valence electrons. The van der Waals surface area contributed by atoms with Crippen molar-refractivity contribution in [2.24, 2.45) is 5.41 Å². The van der Waals surface area contributed by atoms with Crippen molar-refractivity contribution in [2.45, 2.75) is 22.6 Å². The Hall–Kier alpha value is -1.54. The van der Waals surface area contributed by atoms with E-state index in [0.29, 0.717) is 12.8 Å². The van der Waals surface area contributed by atoms with Gasteiger partial charge in [0.1, 0.15) is 20.2 Å². The molecule has 0 aliphatic carbocycles. The van der Waals surface area contributed by atoms with Crippen LogP contribution in [0.1, 0.15) is 11.1 Å². The van der Waals surface area contributed by atoms with Gasteiger partial charge in [-0.05, 0) is 103 Å². The van der Waals surface area contributed by atoms with E-state index in [1.165, 1.54) is 45.5 Å². The van der Waals surface area contributed by atoms with Crippen LogP contribution in [0.5, 0.6) is 0 Å². The zero-order valence-corrected chi connectivity index (χ0v) is 40.8. The van der Waals surface area contributed by atoms with Crippen LogP contribution < -0.4 is 80.3 Å². The maximum Gasteiger partial charge on any atom is 1.00 e. The van der Waals surface area contributed by atoms with E-state index in [1.807, 2.05) is 24.3 Å². The first-order valence-electron chi connectivity index (χ1n) is 16.7. The van der Waals surface area contributed by atoms with Gasteiger partial charge in [0.25, 0.3) is 0 Å². The standard InChI is InChI=1S/C41H38O6P2S2.2Na.2H2O2.Rh/c42-50(43,44)39-25-21-33(22-26-39)29-41(30-34-23-27-40(28-24-34)51(45,46)47,31-48(35-13-5-1-6-14-35)36-15-7-2-8-16-36)32-49(37-17-9-3-10-18-37)38-19-11-4-12-20-38;;;2*1-2;/h1-28H,29-32H2,(H,42,43,44)(H,45,46,47);;;2*1-2H;/q;2*+1;;;/p-2. The summed E-state index contributed by atoms with van der Waals surface area (Å²) in [6.07, 6.45) is 2.59. The third kappa shape index (κ3) is 16.1. The van der Waals surface area contributed by atoms with Gasteiger partial charge in [0.2, 0.25) is 0 Å². The molecule has 0 saturated carbocycles. The Morgan fingerprint density at radius 1 is 0.414 bits per heavy atom. The summed E-state index contributed by atoms with van der Waals surface area (Å²) in [7, 11) is -11.1. The van der Waals surface area contributed by atoms with Crippen molar-refractivity contribution in [1.82, 2.24) is 0 Å². The Kier molecular flexibility index (Phi) is 25.1. The molecular weight excluding hydrogens is 927 g/mol. The minimum absolute atomic E-state index is 0. The molecular formula is C41H40Na2O10P2RhS2. The van der Waals surface area contributed by atoms with Crippen molar-refractivity contribution >= 4 is 57.3 Å². The number of hydrogen-bond acceptors (Lipinski definition) is 10. The van der Waals surface area contributed by atoms with Gasteiger partial charge in [0, 0.05) is 19.5 Å². The van der Waals surface area contributed by atoms with Gasteiger partial charge in [-0.3, -0.25) is 21.0 Å². The van der Waals surface area contributed by atoms with Crippen molar-refractivity contribution in [2.75, 3.05) is 12.3 Å². The van der Waals surface area contributed by atoms with Crippen LogP contribution in [0.2, 0.25) is 0 Å². The number of benzene rings is 6. The fourth-order valence-corrected chi connectivity index (χ4v) is 13.1. The molecule has 0 spiro atoms. The molecule has 6 rings (SSSR count). The van der Waals surface area contributed by atoms with Crippen LogP contribution in [0.4, 0.5) is 0 Å². The molecule has 6 aromatic rings.